The zero-order valence-electron chi connectivity index (χ0n) is 34.3. The van der Waals surface area contributed by atoms with E-state index in [0.717, 1.165) is 34.1 Å². The van der Waals surface area contributed by atoms with Crippen molar-refractivity contribution in [1.29, 1.82) is 0 Å². The third kappa shape index (κ3) is 6.36. The standard InChI is InChI=1S/C59H44N2/c1-59(2)56-24-14-13-22-53(56)54-36-35-50(40-57(54)59)61(46-19-7-4-8-20-46)58-38-37-51(52-21-11-12-23-55(52)58)44-28-32-48(33-29-44)60(49-34-27-42-17-9-10-18-45(42)39-49)47-30-25-43(26-31-47)41-15-5-3-6-16-41/h3-40H,1-2H3. The van der Waals surface area contributed by atoms with Gasteiger partial charge in [-0.3, -0.25) is 0 Å². The molecule has 0 heterocycles. The first-order chi connectivity index (χ1) is 30.0. The average molecular weight is 781 g/mol. The molecule has 0 atom stereocenters. The fourth-order valence-corrected chi connectivity index (χ4v) is 9.55. The molecule has 2 nitrogen and oxygen atoms in total. The van der Waals surface area contributed by atoms with Crippen molar-refractivity contribution >= 4 is 55.7 Å². The van der Waals surface area contributed by atoms with Crippen LogP contribution in [0.25, 0.3) is 54.9 Å². The number of benzene rings is 10. The van der Waals surface area contributed by atoms with Crippen LogP contribution in [-0.4, -0.2) is 0 Å². The summed E-state index contributed by atoms with van der Waals surface area (Å²) < 4.78 is 0. The van der Waals surface area contributed by atoms with E-state index in [4.69, 9.17) is 0 Å². The lowest BCUT2D eigenvalue weighted by molar-refractivity contribution is 0.660. The molecule has 0 amide bonds. The Balaban J connectivity index is 0.998. The van der Waals surface area contributed by atoms with Gasteiger partial charge in [0.15, 0.2) is 0 Å². The summed E-state index contributed by atoms with van der Waals surface area (Å²) in [5.74, 6) is 0. The van der Waals surface area contributed by atoms with Gasteiger partial charge in [-0.25, -0.2) is 0 Å². The van der Waals surface area contributed by atoms with Gasteiger partial charge in [-0.2, -0.15) is 0 Å². The van der Waals surface area contributed by atoms with E-state index in [1.807, 2.05) is 0 Å². The zero-order chi connectivity index (χ0) is 40.9. The van der Waals surface area contributed by atoms with Crippen LogP contribution in [0.3, 0.4) is 0 Å². The van der Waals surface area contributed by atoms with Crippen LogP contribution < -0.4 is 9.80 Å². The fraction of sp³-hybridized carbons (Fsp3) is 0.0508. The molecule has 0 N–H and O–H groups in total. The molecule has 11 rings (SSSR count). The van der Waals surface area contributed by atoms with Crippen LogP contribution in [0.15, 0.2) is 231 Å². The molecule has 0 aliphatic heterocycles. The lowest BCUT2D eigenvalue weighted by atomic mass is 9.82. The van der Waals surface area contributed by atoms with Crippen molar-refractivity contribution in [3.63, 3.8) is 0 Å². The van der Waals surface area contributed by atoms with Gasteiger partial charge < -0.3 is 9.80 Å². The quantitative estimate of drug-likeness (QED) is 0.152. The smallest absolute Gasteiger partial charge is 0.0540 e. The first kappa shape index (κ1) is 36.4. The second-order valence-electron chi connectivity index (χ2n) is 16.6. The van der Waals surface area contributed by atoms with Crippen LogP contribution in [0.1, 0.15) is 25.0 Å². The van der Waals surface area contributed by atoms with Crippen LogP contribution in [0.5, 0.6) is 0 Å². The lowest BCUT2D eigenvalue weighted by Crippen LogP contribution is -2.16. The molecule has 0 aromatic heterocycles. The predicted molar refractivity (Wildman–Crippen MR) is 259 cm³/mol. The summed E-state index contributed by atoms with van der Waals surface area (Å²) in [6.07, 6.45) is 0. The van der Waals surface area contributed by atoms with Gasteiger partial charge in [0.05, 0.1) is 5.69 Å². The molecule has 0 saturated carbocycles. The predicted octanol–water partition coefficient (Wildman–Crippen LogP) is 16.6. The minimum absolute atomic E-state index is 0.0993. The van der Waals surface area contributed by atoms with E-state index in [2.05, 4.69) is 254 Å². The number of hydrogen-bond donors (Lipinski definition) is 0. The summed E-state index contributed by atoms with van der Waals surface area (Å²) in [6.45, 7) is 4.71. The number of nitrogens with zero attached hydrogens (tertiary/aromatic N) is 2. The Morgan fingerprint density at radius 3 is 1.56 bits per heavy atom. The van der Waals surface area contributed by atoms with E-state index >= 15 is 0 Å². The molecular weight excluding hydrogens is 737 g/mol. The van der Waals surface area contributed by atoms with Crippen LogP contribution in [0.4, 0.5) is 34.1 Å². The third-order valence-corrected chi connectivity index (χ3v) is 12.6. The van der Waals surface area contributed by atoms with E-state index in [-0.39, 0.29) is 5.41 Å². The normalized spacial score (nSPS) is 12.6. The van der Waals surface area contributed by atoms with E-state index in [1.165, 1.54) is 66.1 Å². The highest BCUT2D eigenvalue weighted by molar-refractivity contribution is 6.06. The maximum absolute atomic E-state index is 2.43. The minimum Gasteiger partial charge on any atom is -0.310 e. The number of para-hydroxylation sites is 1. The highest BCUT2D eigenvalue weighted by Crippen LogP contribution is 2.51. The molecule has 1 aliphatic carbocycles. The largest absolute Gasteiger partial charge is 0.310 e. The molecule has 0 radical (unpaired) electrons. The summed E-state index contributed by atoms with van der Waals surface area (Å²) >= 11 is 0. The summed E-state index contributed by atoms with van der Waals surface area (Å²) in [7, 11) is 0. The molecule has 10 aromatic rings. The molecule has 10 aromatic carbocycles. The molecule has 0 bridgehead atoms. The maximum Gasteiger partial charge on any atom is 0.0540 e. The van der Waals surface area contributed by atoms with Gasteiger partial charge in [0.25, 0.3) is 0 Å². The molecule has 290 valence electrons. The Kier molecular flexibility index (Phi) is 8.86. The number of hydrogen-bond acceptors (Lipinski definition) is 2. The zero-order valence-corrected chi connectivity index (χ0v) is 34.3. The van der Waals surface area contributed by atoms with Crippen molar-refractivity contribution in [3.05, 3.63) is 242 Å². The minimum atomic E-state index is -0.0993. The van der Waals surface area contributed by atoms with Crippen molar-refractivity contribution < 1.29 is 0 Å². The molecule has 0 spiro atoms. The van der Waals surface area contributed by atoms with Crippen molar-refractivity contribution in [1.82, 2.24) is 0 Å². The Hall–Kier alpha value is -7.68. The third-order valence-electron chi connectivity index (χ3n) is 12.6. The Morgan fingerprint density at radius 1 is 0.295 bits per heavy atom. The van der Waals surface area contributed by atoms with Gasteiger partial charge >= 0.3 is 0 Å². The summed E-state index contributed by atoms with van der Waals surface area (Å²) in [4.78, 5) is 4.79. The number of anilines is 6. The van der Waals surface area contributed by atoms with E-state index in [9.17, 15) is 0 Å². The topological polar surface area (TPSA) is 6.48 Å². The van der Waals surface area contributed by atoms with Crippen LogP contribution in [-0.2, 0) is 5.41 Å². The van der Waals surface area contributed by atoms with Crippen LogP contribution in [0.2, 0.25) is 0 Å². The highest BCUT2D eigenvalue weighted by atomic mass is 15.1. The first-order valence-corrected chi connectivity index (χ1v) is 21.2. The van der Waals surface area contributed by atoms with Crippen molar-refractivity contribution in [2.75, 3.05) is 9.80 Å². The van der Waals surface area contributed by atoms with Gasteiger partial charge in [-0.1, -0.05) is 178 Å². The Bertz CT molecular complexity index is 3200. The Labute approximate surface area is 358 Å². The number of rotatable bonds is 8. The maximum atomic E-state index is 2.43. The van der Waals surface area contributed by atoms with Gasteiger partial charge in [-0.15, -0.1) is 0 Å². The monoisotopic (exact) mass is 780 g/mol. The van der Waals surface area contributed by atoms with Crippen molar-refractivity contribution in [2.45, 2.75) is 19.3 Å². The highest BCUT2D eigenvalue weighted by Gasteiger charge is 2.36. The summed E-state index contributed by atoms with van der Waals surface area (Å²) in [5, 5.41) is 4.86. The fourth-order valence-electron chi connectivity index (χ4n) is 9.55. The van der Waals surface area contributed by atoms with E-state index in [1.54, 1.807) is 0 Å². The first-order valence-electron chi connectivity index (χ1n) is 21.2. The molecule has 2 heteroatoms. The second kappa shape index (κ2) is 14.9. The molecule has 0 unspecified atom stereocenters. The Morgan fingerprint density at radius 2 is 0.803 bits per heavy atom. The van der Waals surface area contributed by atoms with Crippen LogP contribution >= 0.6 is 0 Å². The molecule has 61 heavy (non-hydrogen) atoms. The van der Waals surface area contributed by atoms with Crippen LogP contribution in [0, 0.1) is 0 Å². The van der Waals surface area contributed by atoms with Crippen molar-refractivity contribution in [3.8, 4) is 33.4 Å². The molecule has 0 saturated heterocycles. The summed E-state index contributed by atoms with van der Waals surface area (Å²) in [6, 6.07) is 84.0. The van der Waals surface area contributed by atoms with E-state index in [0.29, 0.717) is 0 Å². The summed E-state index contributed by atoms with van der Waals surface area (Å²) in [5.41, 5.74) is 16.8. The van der Waals surface area contributed by atoms with Gasteiger partial charge in [0, 0.05) is 39.2 Å². The van der Waals surface area contributed by atoms with Gasteiger partial charge in [0.1, 0.15) is 0 Å². The van der Waals surface area contributed by atoms with Crippen molar-refractivity contribution in [2.24, 2.45) is 0 Å². The second-order valence-corrected chi connectivity index (χ2v) is 16.6. The lowest BCUT2D eigenvalue weighted by Gasteiger charge is -2.29. The van der Waals surface area contributed by atoms with Gasteiger partial charge in [-0.05, 0) is 127 Å². The molecule has 1 aliphatic rings. The molecule has 0 fully saturated rings. The van der Waals surface area contributed by atoms with E-state index < -0.39 is 0 Å². The number of fused-ring (bicyclic) bond motifs is 5. The SMILES string of the molecule is CC1(C)c2ccccc2-c2ccc(N(c3ccccc3)c3ccc(-c4ccc(N(c5ccc(-c6ccccc6)cc5)c5ccc6ccccc6c5)cc4)c4ccccc34)cc21. The average Bonchev–Trinajstić information content (AvgIpc) is 3.55. The van der Waals surface area contributed by atoms with Gasteiger partial charge in [0.2, 0.25) is 0 Å². The molecular formula is C59H44N2.